The molecule has 0 radical (unpaired) electrons. The summed E-state index contributed by atoms with van der Waals surface area (Å²) in [6, 6.07) is 16.5. The highest BCUT2D eigenvalue weighted by Crippen LogP contribution is 2.30. The van der Waals surface area contributed by atoms with Crippen molar-refractivity contribution in [2.75, 3.05) is 19.7 Å². The Labute approximate surface area is 165 Å². The Morgan fingerprint density at radius 1 is 1.18 bits per heavy atom. The number of carbonyl (C=O) groups is 1. The molecule has 0 unspecified atom stereocenters. The lowest BCUT2D eigenvalue weighted by molar-refractivity contribution is -0.143. The van der Waals surface area contributed by atoms with Gasteiger partial charge in [0.25, 0.3) is 0 Å². The summed E-state index contributed by atoms with van der Waals surface area (Å²) in [5, 5.41) is 12.2. The Balaban J connectivity index is 0.000000271. The molecule has 1 aliphatic rings. The van der Waals surface area contributed by atoms with E-state index in [2.05, 4.69) is 55.6 Å². The molecule has 1 saturated heterocycles. The number of hydrogen-bond donors (Lipinski definition) is 2. The van der Waals surface area contributed by atoms with Gasteiger partial charge < -0.3 is 19.6 Å². The van der Waals surface area contributed by atoms with Crippen LogP contribution in [0.15, 0.2) is 52.9 Å². The molecule has 3 aromatic rings. The van der Waals surface area contributed by atoms with Gasteiger partial charge in [0.1, 0.15) is 17.1 Å². The molecule has 1 aliphatic heterocycles. The van der Waals surface area contributed by atoms with Gasteiger partial charge in [-0.1, -0.05) is 43.2 Å². The molecule has 5 nitrogen and oxygen atoms in total. The maximum atomic E-state index is 9.94. The number of ether oxygens (including phenoxy) is 1. The summed E-state index contributed by atoms with van der Waals surface area (Å²) >= 11 is 0. The number of benzene rings is 2. The molecule has 0 spiro atoms. The predicted molar refractivity (Wildman–Crippen MR) is 111 cm³/mol. The number of furan rings is 1. The van der Waals surface area contributed by atoms with E-state index in [0.29, 0.717) is 13.1 Å². The largest absolute Gasteiger partial charge is 0.493 e. The number of unbranched alkanes of at least 4 members (excludes halogenated alkanes) is 1. The van der Waals surface area contributed by atoms with Crippen LogP contribution in [0.5, 0.6) is 5.75 Å². The van der Waals surface area contributed by atoms with Crippen LogP contribution in [0.1, 0.15) is 25.3 Å². The zero-order valence-corrected chi connectivity index (χ0v) is 16.4. The molecule has 2 heterocycles. The Hall–Kier alpha value is -2.79. The zero-order chi connectivity index (χ0) is 19.9. The van der Waals surface area contributed by atoms with Gasteiger partial charge in [-0.3, -0.25) is 4.79 Å². The third-order valence-corrected chi connectivity index (χ3v) is 4.72. The van der Waals surface area contributed by atoms with E-state index in [1.165, 1.54) is 5.56 Å². The van der Waals surface area contributed by atoms with E-state index in [1.54, 1.807) is 0 Å². The van der Waals surface area contributed by atoms with Gasteiger partial charge in [-0.2, -0.15) is 0 Å². The van der Waals surface area contributed by atoms with Gasteiger partial charge in [-0.15, -0.1) is 0 Å². The number of rotatable bonds is 6. The van der Waals surface area contributed by atoms with Crippen molar-refractivity contribution in [3.05, 3.63) is 54.1 Å². The van der Waals surface area contributed by atoms with Crippen molar-refractivity contribution in [1.29, 1.82) is 0 Å². The normalized spacial score (nSPS) is 13.5. The molecule has 0 bridgehead atoms. The van der Waals surface area contributed by atoms with Crippen LogP contribution < -0.4 is 10.1 Å². The van der Waals surface area contributed by atoms with Crippen LogP contribution >= 0.6 is 0 Å². The summed E-state index contributed by atoms with van der Waals surface area (Å²) in [4.78, 5) is 9.94. The predicted octanol–water partition coefficient (Wildman–Crippen LogP) is 4.88. The van der Waals surface area contributed by atoms with Crippen molar-refractivity contribution >= 4 is 16.9 Å². The molecule has 0 atom stereocenters. The molecule has 2 aromatic carbocycles. The Kier molecular flexibility index (Phi) is 6.71. The van der Waals surface area contributed by atoms with Crippen LogP contribution in [0.3, 0.4) is 0 Å². The molecule has 0 amide bonds. The molecule has 0 aliphatic carbocycles. The van der Waals surface area contributed by atoms with Gasteiger partial charge in [0.15, 0.2) is 0 Å². The number of carboxylic acids is 1. The summed E-state index contributed by atoms with van der Waals surface area (Å²) in [6.45, 7) is 6.30. The lowest BCUT2D eigenvalue weighted by Gasteiger charge is -2.21. The van der Waals surface area contributed by atoms with Crippen LogP contribution in [0, 0.1) is 12.8 Å². The fourth-order valence-corrected chi connectivity index (χ4v) is 2.76. The highest BCUT2D eigenvalue weighted by atomic mass is 16.5. The molecular weight excluding hydrogens is 354 g/mol. The first-order valence-electron chi connectivity index (χ1n) is 9.73. The Morgan fingerprint density at radius 3 is 2.50 bits per heavy atom. The summed E-state index contributed by atoms with van der Waals surface area (Å²) in [7, 11) is 0. The first kappa shape index (κ1) is 20.0. The lowest BCUT2D eigenvalue weighted by Crippen LogP contribution is -2.46. The first-order chi connectivity index (χ1) is 13.6. The fourth-order valence-electron chi connectivity index (χ4n) is 2.76. The van der Waals surface area contributed by atoms with Crippen molar-refractivity contribution in [2.45, 2.75) is 26.7 Å². The third-order valence-electron chi connectivity index (χ3n) is 4.72. The molecule has 4 rings (SSSR count). The van der Waals surface area contributed by atoms with Crippen LogP contribution in [0.2, 0.25) is 0 Å². The van der Waals surface area contributed by atoms with E-state index >= 15 is 0 Å². The van der Waals surface area contributed by atoms with E-state index in [9.17, 15) is 4.79 Å². The minimum absolute atomic E-state index is 0.111. The molecule has 28 heavy (non-hydrogen) atoms. The smallest absolute Gasteiger partial charge is 0.309 e. The Bertz CT molecular complexity index is 910. The number of nitrogens with one attached hydrogen (secondary N) is 1. The second-order valence-corrected chi connectivity index (χ2v) is 7.07. The van der Waals surface area contributed by atoms with Crippen molar-refractivity contribution in [3.63, 3.8) is 0 Å². The molecule has 1 aromatic heterocycles. The van der Waals surface area contributed by atoms with Gasteiger partial charge in [0.2, 0.25) is 0 Å². The molecule has 0 saturated carbocycles. The van der Waals surface area contributed by atoms with Crippen LogP contribution in [-0.4, -0.2) is 30.8 Å². The lowest BCUT2D eigenvalue weighted by atomic mass is 10.1. The van der Waals surface area contributed by atoms with Crippen LogP contribution in [-0.2, 0) is 4.79 Å². The summed E-state index contributed by atoms with van der Waals surface area (Å²) in [6.07, 6.45) is 2.21. The summed E-state index contributed by atoms with van der Waals surface area (Å²) in [5.41, 5.74) is 3.23. The van der Waals surface area contributed by atoms with Crippen molar-refractivity contribution in [3.8, 4) is 17.1 Å². The monoisotopic (exact) mass is 381 g/mol. The fraction of sp³-hybridized carbons (Fsp3) is 0.348. The number of fused-ring (bicyclic) bond motifs is 1. The summed E-state index contributed by atoms with van der Waals surface area (Å²) in [5.74, 6) is 0.982. The number of aliphatic carboxylic acids is 1. The standard InChI is InChI=1S/C19H20O2.C4H7NO2/c1-3-4-11-20-17-10-9-16-12-18(21-19(16)13-17)15-7-5-14(2)6-8-15;6-4(7)3-1-5-2-3/h5-10,12-13H,3-4,11H2,1-2H3;3,5H,1-2H2,(H,6,7). The molecule has 2 N–H and O–H groups in total. The van der Waals surface area contributed by atoms with Crippen LogP contribution in [0.25, 0.3) is 22.3 Å². The average molecular weight is 381 g/mol. The van der Waals surface area contributed by atoms with Crippen LogP contribution in [0.4, 0.5) is 0 Å². The van der Waals surface area contributed by atoms with Gasteiger partial charge in [0.05, 0.1) is 12.5 Å². The minimum atomic E-state index is -0.682. The highest BCUT2D eigenvalue weighted by Gasteiger charge is 2.23. The molecule has 1 fully saturated rings. The van der Waals surface area contributed by atoms with E-state index in [1.807, 2.05) is 12.1 Å². The zero-order valence-electron chi connectivity index (χ0n) is 16.4. The Morgan fingerprint density at radius 2 is 1.93 bits per heavy atom. The first-order valence-corrected chi connectivity index (χ1v) is 9.73. The number of aryl methyl sites for hydroxylation is 1. The summed E-state index contributed by atoms with van der Waals surface area (Å²) < 4.78 is 11.7. The van der Waals surface area contributed by atoms with E-state index in [0.717, 1.165) is 47.5 Å². The second kappa shape index (κ2) is 9.42. The average Bonchev–Trinajstić information content (AvgIpc) is 3.04. The highest BCUT2D eigenvalue weighted by molar-refractivity contribution is 5.84. The van der Waals surface area contributed by atoms with Gasteiger partial charge in [-0.25, -0.2) is 0 Å². The van der Waals surface area contributed by atoms with Crippen molar-refractivity contribution in [2.24, 2.45) is 5.92 Å². The maximum Gasteiger partial charge on any atom is 0.309 e. The van der Waals surface area contributed by atoms with Gasteiger partial charge in [0, 0.05) is 30.1 Å². The van der Waals surface area contributed by atoms with E-state index < -0.39 is 5.97 Å². The number of carboxylic acid groups (broad SMARTS) is 1. The van der Waals surface area contributed by atoms with Crippen molar-refractivity contribution in [1.82, 2.24) is 5.32 Å². The van der Waals surface area contributed by atoms with Crippen molar-refractivity contribution < 1.29 is 19.1 Å². The number of hydrogen-bond acceptors (Lipinski definition) is 4. The SMILES string of the molecule is CCCCOc1ccc2cc(-c3ccc(C)cc3)oc2c1.O=C(O)C1CNC1. The third kappa shape index (κ3) is 5.14. The molecule has 5 heteroatoms. The second-order valence-electron chi connectivity index (χ2n) is 7.07. The molecular formula is C23H27NO4. The van der Waals surface area contributed by atoms with E-state index in [4.69, 9.17) is 14.3 Å². The minimum Gasteiger partial charge on any atom is -0.493 e. The van der Waals surface area contributed by atoms with Gasteiger partial charge in [-0.05, 0) is 31.5 Å². The quantitative estimate of drug-likeness (QED) is 0.596. The molecule has 148 valence electrons. The van der Waals surface area contributed by atoms with E-state index in [-0.39, 0.29) is 5.92 Å². The maximum absolute atomic E-state index is 9.94. The topological polar surface area (TPSA) is 71.7 Å². The van der Waals surface area contributed by atoms with Gasteiger partial charge >= 0.3 is 5.97 Å².